The second kappa shape index (κ2) is 4.30. The van der Waals surface area contributed by atoms with Crippen LogP contribution in [0.1, 0.15) is 17.0 Å². The van der Waals surface area contributed by atoms with Crippen LogP contribution in [0.25, 0.3) is 0 Å². The predicted octanol–water partition coefficient (Wildman–Crippen LogP) is 2.55. The van der Waals surface area contributed by atoms with Crippen molar-refractivity contribution in [2.75, 3.05) is 0 Å². The quantitative estimate of drug-likeness (QED) is 0.798. The van der Waals surface area contributed by atoms with E-state index in [0.717, 1.165) is 12.2 Å². The third-order valence-electron chi connectivity index (χ3n) is 2.37. The molecule has 0 spiro atoms. The van der Waals surface area contributed by atoms with Crippen molar-refractivity contribution in [2.24, 2.45) is 0 Å². The van der Waals surface area contributed by atoms with Crippen molar-refractivity contribution < 1.29 is 0 Å². The first kappa shape index (κ1) is 10.6. The molecule has 2 aromatic heterocycles. The lowest BCUT2D eigenvalue weighted by molar-refractivity contribution is 0.658. The average Bonchev–Trinajstić information content (AvgIpc) is 2.48. The molecule has 0 saturated heterocycles. The molecule has 0 radical (unpaired) electrons. The van der Waals surface area contributed by atoms with Gasteiger partial charge in [-0.25, -0.2) is 0 Å². The highest BCUT2D eigenvalue weighted by molar-refractivity contribution is 14.1. The summed E-state index contributed by atoms with van der Waals surface area (Å²) in [6.45, 7) is 4.96. The molecule has 0 bridgehead atoms. The molecule has 0 unspecified atom stereocenters. The fourth-order valence-electron chi connectivity index (χ4n) is 1.49. The molecule has 2 aromatic rings. The number of nitrogens with zero attached hydrogens (tertiary/aromatic N) is 3. The van der Waals surface area contributed by atoms with E-state index >= 15 is 0 Å². The van der Waals surface area contributed by atoms with Crippen LogP contribution in [0.15, 0.2) is 24.5 Å². The van der Waals surface area contributed by atoms with Gasteiger partial charge in [0.15, 0.2) is 0 Å². The highest BCUT2D eigenvalue weighted by atomic mass is 127. The van der Waals surface area contributed by atoms with Gasteiger partial charge in [0.25, 0.3) is 0 Å². The zero-order chi connectivity index (χ0) is 10.8. The maximum absolute atomic E-state index is 4.49. The lowest BCUT2D eigenvalue weighted by atomic mass is 10.3. The summed E-state index contributed by atoms with van der Waals surface area (Å²) in [5.74, 6) is 0. The molecule has 0 amide bonds. The fraction of sp³-hybridized carbons (Fsp3) is 0.273. The molecule has 0 aromatic carbocycles. The number of aryl methyl sites for hydroxylation is 1. The van der Waals surface area contributed by atoms with Crippen molar-refractivity contribution >= 4 is 22.6 Å². The van der Waals surface area contributed by atoms with Gasteiger partial charge in [0.05, 0.1) is 15.8 Å². The van der Waals surface area contributed by atoms with Crippen molar-refractivity contribution in [2.45, 2.75) is 20.4 Å². The molecule has 0 atom stereocenters. The van der Waals surface area contributed by atoms with Crippen LogP contribution in [0.3, 0.4) is 0 Å². The Bertz CT molecular complexity index is 462. The Morgan fingerprint density at radius 1 is 1.27 bits per heavy atom. The van der Waals surface area contributed by atoms with E-state index in [0.29, 0.717) is 0 Å². The lowest BCUT2D eigenvalue weighted by Crippen LogP contribution is -2.04. The summed E-state index contributed by atoms with van der Waals surface area (Å²) in [6, 6.07) is 4.03. The topological polar surface area (TPSA) is 30.7 Å². The second-order valence-electron chi connectivity index (χ2n) is 3.50. The van der Waals surface area contributed by atoms with Crippen LogP contribution in [-0.2, 0) is 6.54 Å². The van der Waals surface area contributed by atoms with Crippen LogP contribution >= 0.6 is 22.6 Å². The molecule has 4 heteroatoms. The normalized spacial score (nSPS) is 10.6. The number of halogens is 1. The Morgan fingerprint density at radius 3 is 2.47 bits per heavy atom. The zero-order valence-electron chi connectivity index (χ0n) is 8.74. The maximum Gasteiger partial charge on any atom is 0.0730 e. The van der Waals surface area contributed by atoms with Crippen LogP contribution in [0.2, 0.25) is 0 Å². The van der Waals surface area contributed by atoms with Gasteiger partial charge < -0.3 is 0 Å². The lowest BCUT2D eigenvalue weighted by Gasteiger charge is -2.03. The van der Waals surface area contributed by atoms with Crippen molar-refractivity contribution in [3.05, 3.63) is 45.0 Å². The molecule has 0 N–H and O–H groups in total. The van der Waals surface area contributed by atoms with Gasteiger partial charge in [-0.3, -0.25) is 9.67 Å². The molecule has 78 valence electrons. The third kappa shape index (κ3) is 2.19. The van der Waals surface area contributed by atoms with E-state index in [9.17, 15) is 0 Å². The smallest absolute Gasteiger partial charge is 0.0730 e. The second-order valence-corrected chi connectivity index (χ2v) is 4.58. The summed E-state index contributed by atoms with van der Waals surface area (Å²) in [5, 5.41) is 4.49. The van der Waals surface area contributed by atoms with E-state index < -0.39 is 0 Å². The summed E-state index contributed by atoms with van der Waals surface area (Å²) in [6.07, 6.45) is 3.62. The first-order valence-corrected chi connectivity index (χ1v) is 5.85. The molecule has 2 rings (SSSR count). The molecule has 0 aliphatic heterocycles. The predicted molar refractivity (Wildman–Crippen MR) is 67.8 cm³/mol. The minimum absolute atomic E-state index is 0.818. The van der Waals surface area contributed by atoms with E-state index in [1.54, 1.807) is 0 Å². The van der Waals surface area contributed by atoms with Gasteiger partial charge in [0.2, 0.25) is 0 Å². The number of aromatic nitrogens is 3. The maximum atomic E-state index is 4.49. The number of pyridine rings is 1. The van der Waals surface area contributed by atoms with E-state index in [1.165, 1.54) is 14.8 Å². The largest absolute Gasteiger partial charge is 0.265 e. The highest BCUT2D eigenvalue weighted by Gasteiger charge is 2.08. The van der Waals surface area contributed by atoms with Gasteiger partial charge in [-0.2, -0.15) is 5.10 Å². The van der Waals surface area contributed by atoms with Crippen LogP contribution in [0, 0.1) is 17.4 Å². The summed E-state index contributed by atoms with van der Waals surface area (Å²) in [4.78, 5) is 4.00. The molecular formula is C11H12IN3. The minimum Gasteiger partial charge on any atom is -0.265 e. The third-order valence-corrected chi connectivity index (χ3v) is 3.94. The molecule has 2 heterocycles. The van der Waals surface area contributed by atoms with Crippen molar-refractivity contribution in [3.8, 4) is 0 Å². The molecule has 0 aliphatic rings. The van der Waals surface area contributed by atoms with Crippen LogP contribution in [-0.4, -0.2) is 14.8 Å². The Hall–Kier alpha value is -0.910. The van der Waals surface area contributed by atoms with E-state index in [1.807, 2.05) is 36.1 Å². The van der Waals surface area contributed by atoms with Crippen molar-refractivity contribution in [3.63, 3.8) is 0 Å². The standard InChI is InChI=1S/C11H12IN3/c1-8-11(12)9(2)15(14-8)7-10-3-5-13-6-4-10/h3-6H,7H2,1-2H3. The Kier molecular flexibility index (Phi) is 3.04. The molecule has 0 aliphatic carbocycles. The van der Waals surface area contributed by atoms with Gasteiger partial charge in [-0.05, 0) is 54.1 Å². The first-order valence-electron chi connectivity index (χ1n) is 4.77. The van der Waals surface area contributed by atoms with Crippen LogP contribution < -0.4 is 0 Å². The molecule has 15 heavy (non-hydrogen) atoms. The van der Waals surface area contributed by atoms with Gasteiger partial charge in [-0.1, -0.05) is 0 Å². The van der Waals surface area contributed by atoms with Crippen molar-refractivity contribution in [1.29, 1.82) is 0 Å². The van der Waals surface area contributed by atoms with Crippen LogP contribution in [0.4, 0.5) is 0 Å². The minimum atomic E-state index is 0.818. The summed E-state index contributed by atoms with van der Waals surface area (Å²) < 4.78 is 3.29. The zero-order valence-corrected chi connectivity index (χ0v) is 10.9. The Labute approximate surface area is 103 Å². The molecule has 0 saturated carbocycles. The Balaban J connectivity index is 2.29. The first-order chi connectivity index (χ1) is 7.18. The van der Waals surface area contributed by atoms with Crippen LogP contribution in [0.5, 0.6) is 0 Å². The van der Waals surface area contributed by atoms with E-state index in [4.69, 9.17) is 0 Å². The van der Waals surface area contributed by atoms with Gasteiger partial charge in [0.1, 0.15) is 0 Å². The summed E-state index contributed by atoms with van der Waals surface area (Å²) in [5.41, 5.74) is 3.55. The van der Waals surface area contributed by atoms with E-state index in [-0.39, 0.29) is 0 Å². The summed E-state index contributed by atoms with van der Waals surface area (Å²) in [7, 11) is 0. The van der Waals surface area contributed by atoms with Gasteiger partial charge >= 0.3 is 0 Å². The number of rotatable bonds is 2. The van der Waals surface area contributed by atoms with Gasteiger partial charge in [0, 0.05) is 18.1 Å². The number of hydrogen-bond donors (Lipinski definition) is 0. The highest BCUT2D eigenvalue weighted by Crippen LogP contribution is 2.16. The fourth-order valence-corrected chi connectivity index (χ4v) is 1.88. The summed E-state index contributed by atoms with van der Waals surface area (Å²) >= 11 is 2.34. The SMILES string of the molecule is Cc1nn(Cc2ccncc2)c(C)c1I. The monoisotopic (exact) mass is 313 g/mol. The number of hydrogen-bond acceptors (Lipinski definition) is 2. The molecule has 3 nitrogen and oxygen atoms in total. The Morgan fingerprint density at radius 2 is 1.93 bits per heavy atom. The molecular weight excluding hydrogens is 301 g/mol. The molecule has 0 fully saturated rings. The average molecular weight is 313 g/mol. The van der Waals surface area contributed by atoms with Crippen molar-refractivity contribution in [1.82, 2.24) is 14.8 Å². The van der Waals surface area contributed by atoms with E-state index in [2.05, 4.69) is 39.6 Å². The van der Waals surface area contributed by atoms with Gasteiger partial charge in [-0.15, -0.1) is 0 Å².